The van der Waals surface area contributed by atoms with Crippen LogP contribution in [0.25, 0.3) is 22.4 Å². The molecular weight excluding hydrogens is 288 g/mol. The summed E-state index contributed by atoms with van der Waals surface area (Å²) in [6.07, 6.45) is 0. The highest BCUT2D eigenvalue weighted by atomic mass is 35.5. The third-order valence-corrected chi connectivity index (χ3v) is 3.15. The summed E-state index contributed by atoms with van der Waals surface area (Å²) in [5.74, 6) is 0.729. The molecule has 1 heterocycles. The number of aromatic amines is 1. The SMILES string of the molecule is Cl.N=C(N)c1ccc2nc(-c3ccc(N)c(N)c3)[nH]c2c1. The van der Waals surface area contributed by atoms with Crippen LogP contribution in [0.15, 0.2) is 36.4 Å². The first kappa shape index (κ1) is 14.7. The lowest BCUT2D eigenvalue weighted by Gasteiger charge is -2.01. The molecular formula is C14H15ClN6. The molecule has 0 aliphatic heterocycles. The van der Waals surface area contributed by atoms with E-state index in [1.165, 1.54) is 0 Å². The van der Waals surface area contributed by atoms with Crippen molar-refractivity contribution < 1.29 is 0 Å². The molecule has 21 heavy (non-hydrogen) atoms. The Balaban J connectivity index is 0.00000161. The molecule has 0 aliphatic carbocycles. The maximum Gasteiger partial charge on any atom is 0.138 e. The van der Waals surface area contributed by atoms with E-state index in [4.69, 9.17) is 22.6 Å². The quantitative estimate of drug-likeness (QED) is 0.282. The number of H-pyrrole nitrogens is 1. The molecule has 0 saturated carbocycles. The fraction of sp³-hybridized carbons (Fsp3) is 0. The van der Waals surface area contributed by atoms with E-state index in [9.17, 15) is 0 Å². The minimum Gasteiger partial charge on any atom is -0.397 e. The number of hydrogen-bond donors (Lipinski definition) is 5. The first-order chi connectivity index (χ1) is 9.54. The predicted molar refractivity (Wildman–Crippen MR) is 88.6 cm³/mol. The first-order valence-corrected chi connectivity index (χ1v) is 6.04. The van der Waals surface area contributed by atoms with Gasteiger partial charge in [-0.2, -0.15) is 0 Å². The standard InChI is InChI=1S/C14H14N6.ClH/c15-9-3-1-8(5-10(9)16)14-19-11-4-2-7(13(17)18)6-12(11)20-14;/h1-6H,15-16H2,(H3,17,18)(H,19,20);1H. The second-order valence-electron chi connectivity index (χ2n) is 4.57. The Labute approximate surface area is 127 Å². The fourth-order valence-corrected chi connectivity index (χ4v) is 2.04. The summed E-state index contributed by atoms with van der Waals surface area (Å²) >= 11 is 0. The zero-order valence-electron chi connectivity index (χ0n) is 11.1. The number of fused-ring (bicyclic) bond motifs is 1. The van der Waals surface area contributed by atoms with Crippen molar-refractivity contribution >= 4 is 40.7 Å². The summed E-state index contributed by atoms with van der Waals surface area (Å²) in [5, 5.41) is 7.45. The van der Waals surface area contributed by atoms with Crippen molar-refractivity contribution in [3.8, 4) is 11.4 Å². The minimum atomic E-state index is 0. The zero-order chi connectivity index (χ0) is 14.3. The van der Waals surface area contributed by atoms with Gasteiger partial charge in [-0.25, -0.2) is 4.98 Å². The lowest BCUT2D eigenvalue weighted by molar-refractivity contribution is 1.34. The third kappa shape index (κ3) is 2.61. The minimum absolute atomic E-state index is 0. The molecule has 0 amide bonds. The molecule has 7 heteroatoms. The van der Waals surface area contributed by atoms with Crippen molar-refractivity contribution in [2.75, 3.05) is 11.5 Å². The van der Waals surface area contributed by atoms with Gasteiger partial charge in [0.2, 0.25) is 0 Å². The van der Waals surface area contributed by atoms with E-state index in [0.29, 0.717) is 22.8 Å². The average molecular weight is 303 g/mol. The number of hydrogen-bond acceptors (Lipinski definition) is 4. The maximum atomic E-state index is 7.45. The van der Waals surface area contributed by atoms with Crippen LogP contribution in [0.1, 0.15) is 5.56 Å². The van der Waals surface area contributed by atoms with Gasteiger partial charge in [-0.05, 0) is 36.4 Å². The number of amidine groups is 1. The van der Waals surface area contributed by atoms with Crippen LogP contribution in [0.3, 0.4) is 0 Å². The molecule has 0 radical (unpaired) electrons. The molecule has 0 aliphatic rings. The summed E-state index contributed by atoms with van der Waals surface area (Å²) in [6.45, 7) is 0. The molecule has 0 unspecified atom stereocenters. The Morgan fingerprint density at radius 1 is 1.05 bits per heavy atom. The molecule has 0 spiro atoms. The fourth-order valence-electron chi connectivity index (χ4n) is 2.04. The summed E-state index contributed by atoms with van der Waals surface area (Å²) in [5.41, 5.74) is 21.2. The molecule has 6 nitrogen and oxygen atoms in total. The van der Waals surface area contributed by atoms with E-state index in [-0.39, 0.29) is 18.2 Å². The number of nitrogens with zero attached hydrogens (tertiary/aromatic N) is 1. The Kier molecular flexibility index (Phi) is 3.73. The van der Waals surface area contributed by atoms with Gasteiger partial charge < -0.3 is 22.2 Å². The molecule has 108 valence electrons. The van der Waals surface area contributed by atoms with E-state index in [0.717, 1.165) is 16.6 Å². The molecule has 1 aromatic heterocycles. The van der Waals surface area contributed by atoms with E-state index < -0.39 is 0 Å². The van der Waals surface area contributed by atoms with Gasteiger partial charge in [0, 0.05) is 11.1 Å². The van der Waals surface area contributed by atoms with Gasteiger partial charge in [0.15, 0.2) is 0 Å². The summed E-state index contributed by atoms with van der Waals surface area (Å²) < 4.78 is 0. The second kappa shape index (κ2) is 5.34. The number of nitrogens with two attached hydrogens (primary N) is 3. The molecule has 3 rings (SSSR count). The van der Waals surface area contributed by atoms with Gasteiger partial charge in [0.25, 0.3) is 0 Å². The molecule has 0 bridgehead atoms. The topological polar surface area (TPSA) is 131 Å². The monoisotopic (exact) mass is 302 g/mol. The van der Waals surface area contributed by atoms with E-state index >= 15 is 0 Å². The van der Waals surface area contributed by atoms with Crippen molar-refractivity contribution in [2.45, 2.75) is 0 Å². The van der Waals surface area contributed by atoms with Gasteiger partial charge >= 0.3 is 0 Å². The smallest absolute Gasteiger partial charge is 0.138 e. The Bertz CT molecular complexity index is 823. The number of halogens is 1. The highest BCUT2D eigenvalue weighted by molar-refractivity contribution is 5.98. The van der Waals surface area contributed by atoms with Crippen molar-refractivity contribution in [1.82, 2.24) is 9.97 Å². The van der Waals surface area contributed by atoms with Gasteiger partial charge in [-0.3, -0.25) is 5.41 Å². The lowest BCUT2D eigenvalue weighted by atomic mass is 10.1. The average Bonchev–Trinajstić information content (AvgIpc) is 2.84. The van der Waals surface area contributed by atoms with Crippen molar-refractivity contribution in [1.29, 1.82) is 5.41 Å². The Morgan fingerprint density at radius 3 is 2.48 bits per heavy atom. The summed E-state index contributed by atoms with van der Waals surface area (Å²) in [4.78, 5) is 7.69. The van der Waals surface area contributed by atoms with Gasteiger partial charge in [-0.15, -0.1) is 12.4 Å². The number of aromatic nitrogens is 2. The van der Waals surface area contributed by atoms with Crippen LogP contribution in [0, 0.1) is 5.41 Å². The van der Waals surface area contributed by atoms with Crippen LogP contribution < -0.4 is 17.2 Å². The van der Waals surface area contributed by atoms with Crippen LogP contribution in [-0.2, 0) is 0 Å². The highest BCUT2D eigenvalue weighted by Crippen LogP contribution is 2.25. The van der Waals surface area contributed by atoms with Crippen LogP contribution >= 0.6 is 12.4 Å². The van der Waals surface area contributed by atoms with E-state index in [1.54, 1.807) is 24.3 Å². The van der Waals surface area contributed by atoms with Gasteiger partial charge in [0.1, 0.15) is 11.7 Å². The Hall–Kier alpha value is -2.73. The largest absolute Gasteiger partial charge is 0.397 e. The molecule has 0 atom stereocenters. The summed E-state index contributed by atoms with van der Waals surface area (Å²) in [6, 6.07) is 10.8. The normalized spacial score (nSPS) is 10.3. The first-order valence-electron chi connectivity index (χ1n) is 6.04. The van der Waals surface area contributed by atoms with Gasteiger partial charge in [-0.1, -0.05) is 0 Å². The summed E-state index contributed by atoms with van der Waals surface area (Å²) in [7, 11) is 0. The van der Waals surface area contributed by atoms with Crippen LogP contribution in [0.2, 0.25) is 0 Å². The number of nitrogens with one attached hydrogen (secondary N) is 2. The van der Waals surface area contributed by atoms with Crippen molar-refractivity contribution in [3.05, 3.63) is 42.0 Å². The molecule has 0 fully saturated rings. The molecule has 3 aromatic rings. The van der Waals surface area contributed by atoms with Crippen LogP contribution in [0.5, 0.6) is 0 Å². The number of imidazole rings is 1. The van der Waals surface area contributed by atoms with Crippen LogP contribution in [0.4, 0.5) is 11.4 Å². The van der Waals surface area contributed by atoms with Gasteiger partial charge in [0.05, 0.1) is 22.4 Å². The second-order valence-corrected chi connectivity index (χ2v) is 4.57. The molecule has 0 saturated heterocycles. The number of anilines is 2. The third-order valence-electron chi connectivity index (χ3n) is 3.15. The van der Waals surface area contributed by atoms with Crippen LogP contribution in [-0.4, -0.2) is 15.8 Å². The van der Waals surface area contributed by atoms with Crippen molar-refractivity contribution in [2.24, 2.45) is 5.73 Å². The predicted octanol–water partition coefficient (Wildman–Crippen LogP) is 2.10. The Morgan fingerprint density at radius 2 is 1.81 bits per heavy atom. The maximum absolute atomic E-state index is 7.45. The van der Waals surface area contributed by atoms with E-state index in [2.05, 4.69) is 9.97 Å². The highest BCUT2D eigenvalue weighted by Gasteiger charge is 2.08. The number of nitrogen functional groups attached to an aromatic ring is 3. The molecule has 8 N–H and O–H groups in total. The number of benzene rings is 2. The number of rotatable bonds is 2. The lowest BCUT2D eigenvalue weighted by Crippen LogP contribution is -2.10. The zero-order valence-corrected chi connectivity index (χ0v) is 11.9. The van der Waals surface area contributed by atoms with E-state index in [1.807, 2.05) is 12.1 Å². The molecule has 2 aromatic carbocycles. The van der Waals surface area contributed by atoms with Crippen molar-refractivity contribution in [3.63, 3.8) is 0 Å².